The van der Waals surface area contributed by atoms with Crippen LogP contribution in [0.3, 0.4) is 0 Å². The van der Waals surface area contributed by atoms with Gasteiger partial charge in [-0.25, -0.2) is 13.8 Å². The lowest BCUT2D eigenvalue weighted by molar-refractivity contribution is 0.124. The zero-order valence-electron chi connectivity index (χ0n) is 16.7. The highest BCUT2D eigenvalue weighted by molar-refractivity contribution is 5.96. The maximum absolute atomic E-state index is 13.7. The minimum atomic E-state index is -1.21. The molecule has 8 nitrogen and oxygen atoms in total. The van der Waals surface area contributed by atoms with Crippen molar-refractivity contribution in [1.82, 2.24) is 15.1 Å². The number of halogens is 2. The molecule has 2 N–H and O–H groups in total. The van der Waals surface area contributed by atoms with E-state index in [2.05, 4.69) is 20.5 Å². The molecular weight excluding hydrogens is 408 g/mol. The number of nitrogens with one attached hydrogen (secondary N) is 1. The highest BCUT2D eigenvalue weighted by atomic mass is 19.2. The average molecular weight is 427 g/mol. The van der Waals surface area contributed by atoms with E-state index in [-0.39, 0.29) is 12.3 Å². The molecule has 0 fully saturated rings. The Morgan fingerprint density at radius 3 is 2.74 bits per heavy atom. The molecule has 160 valence electrons. The molecule has 2 aromatic carbocycles. The minimum Gasteiger partial charge on any atom is -0.495 e. The molecule has 31 heavy (non-hydrogen) atoms. The normalized spacial score (nSPS) is 16.0. The Kier molecular flexibility index (Phi) is 5.63. The zero-order valence-corrected chi connectivity index (χ0v) is 16.7. The number of anilines is 1. The number of methoxy groups -OCH3 is 1. The van der Waals surface area contributed by atoms with Gasteiger partial charge in [-0.1, -0.05) is 12.1 Å². The van der Waals surface area contributed by atoms with E-state index in [0.717, 1.165) is 17.7 Å². The average Bonchev–Trinajstić information content (AvgIpc) is 3.29. The first-order valence-electron chi connectivity index (χ1n) is 9.31. The number of aromatic nitrogens is 2. The van der Waals surface area contributed by atoms with Gasteiger partial charge in [0.2, 0.25) is 24.5 Å². The molecule has 0 bridgehead atoms. The fourth-order valence-corrected chi connectivity index (χ4v) is 3.06. The number of aliphatic hydroxyl groups is 1. The number of hydrogen-bond donors (Lipinski definition) is 2. The summed E-state index contributed by atoms with van der Waals surface area (Å²) in [6.07, 6.45) is 1.58. The van der Waals surface area contributed by atoms with E-state index in [9.17, 15) is 13.9 Å². The van der Waals surface area contributed by atoms with Crippen LogP contribution in [-0.4, -0.2) is 39.5 Å². The van der Waals surface area contributed by atoms with E-state index in [1.807, 2.05) is 25.1 Å². The van der Waals surface area contributed by atoms with Gasteiger partial charge >= 0.3 is 0 Å². The van der Waals surface area contributed by atoms with Gasteiger partial charge in [0.1, 0.15) is 0 Å². The van der Waals surface area contributed by atoms with Crippen LogP contribution < -0.4 is 5.32 Å². The van der Waals surface area contributed by atoms with Gasteiger partial charge in [0.15, 0.2) is 17.4 Å². The number of guanidine groups is 1. The Balaban J connectivity index is 1.65. The van der Waals surface area contributed by atoms with E-state index in [0.29, 0.717) is 28.7 Å². The second-order valence-corrected chi connectivity index (χ2v) is 6.84. The summed E-state index contributed by atoms with van der Waals surface area (Å²) in [6, 6.07) is 9.17. The van der Waals surface area contributed by atoms with Gasteiger partial charge in [0.25, 0.3) is 0 Å². The quantitative estimate of drug-likeness (QED) is 0.644. The third kappa shape index (κ3) is 4.38. The number of rotatable bonds is 5. The molecule has 4 rings (SSSR count). The fraction of sp³-hybridized carbons (Fsp3) is 0.190. The molecule has 1 aliphatic rings. The molecule has 0 aliphatic carbocycles. The first-order valence-corrected chi connectivity index (χ1v) is 9.31. The molecule has 0 spiro atoms. The Morgan fingerprint density at radius 1 is 1.19 bits per heavy atom. The molecule has 0 saturated heterocycles. The van der Waals surface area contributed by atoms with Crippen LogP contribution >= 0.6 is 0 Å². The number of aryl methyl sites for hydroxylation is 1. The van der Waals surface area contributed by atoms with E-state index in [1.165, 1.54) is 19.6 Å². The molecule has 3 aromatic rings. The molecular formula is C21H19F2N5O3. The Hall–Kier alpha value is -3.79. The lowest BCUT2D eigenvalue weighted by Crippen LogP contribution is -2.38. The predicted molar refractivity (Wildman–Crippen MR) is 109 cm³/mol. The molecule has 1 aliphatic heterocycles. The summed E-state index contributed by atoms with van der Waals surface area (Å²) >= 11 is 0. The van der Waals surface area contributed by atoms with Gasteiger partial charge in [-0.3, -0.25) is 0 Å². The van der Waals surface area contributed by atoms with Crippen LogP contribution in [0.5, 0.6) is 0 Å². The van der Waals surface area contributed by atoms with Gasteiger partial charge in [0, 0.05) is 17.5 Å². The summed E-state index contributed by atoms with van der Waals surface area (Å²) in [6.45, 7) is 2.06. The van der Waals surface area contributed by atoms with Crippen molar-refractivity contribution in [2.75, 3.05) is 12.4 Å². The molecule has 1 unspecified atom stereocenters. The van der Waals surface area contributed by atoms with Crippen molar-refractivity contribution >= 4 is 11.6 Å². The van der Waals surface area contributed by atoms with Crippen LogP contribution in [0.25, 0.3) is 11.5 Å². The van der Waals surface area contributed by atoms with Crippen LogP contribution in [0.2, 0.25) is 0 Å². The first kappa shape index (κ1) is 20.5. The highest BCUT2D eigenvalue weighted by Crippen LogP contribution is 2.26. The summed E-state index contributed by atoms with van der Waals surface area (Å²) in [5.41, 5.74) is 2.79. The van der Waals surface area contributed by atoms with Crippen LogP contribution in [0.4, 0.5) is 14.5 Å². The first-order chi connectivity index (χ1) is 14.9. The van der Waals surface area contributed by atoms with Crippen molar-refractivity contribution in [1.29, 1.82) is 0 Å². The van der Waals surface area contributed by atoms with Gasteiger partial charge < -0.3 is 24.5 Å². The van der Waals surface area contributed by atoms with Crippen molar-refractivity contribution < 1.29 is 23.0 Å². The standard InChI is InChI=1S/C21H19F2N5O3/c1-12-3-5-14(20-27-24-11-31-20)8-17(12)25-21-26-19(29)18(30-2)10-28(21)9-13-4-6-15(22)16(23)7-13/h3-8,10-11,19,29H,9H2,1-2H3,(H,25,26). The Labute approximate surface area is 176 Å². The molecule has 0 amide bonds. The number of nitrogens with zero attached hydrogens (tertiary/aromatic N) is 4. The summed E-state index contributed by atoms with van der Waals surface area (Å²) in [4.78, 5) is 5.89. The van der Waals surface area contributed by atoms with Crippen LogP contribution in [0, 0.1) is 18.6 Å². The Bertz CT molecular complexity index is 1150. The maximum Gasteiger partial charge on any atom is 0.247 e. The summed E-state index contributed by atoms with van der Waals surface area (Å²) < 4.78 is 37.4. The largest absolute Gasteiger partial charge is 0.495 e. The molecule has 1 atom stereocenters. The predicted octanol–water partition coefficient (Wildman–Crippen LogP) is 3.41. The van der Waals surface area contributed by atoms with E-state index in [1.54, 1.807) is 11.1 Å². The molecule has 0 radical (unpaired) electrons. The van der Waals surface area contributed by atoms with Gasteiger partial charge in [0.05, 0.1) is 13.7 Å². The minimum absolute atomic E-state index is 0.158. The van der Waals surface area contributed by atoms with Crippen molar-refractivity contribution in [3.05, 3.63) is 77.5 Å². The molecule has 1 aromatic heterocycles. The summed E-state index contributed by atoms with van der Waals surface area (Å²) in [5.74, 6) is -1.01. The van der Waals surface area contributed by atoms with Gasteiger partial charge in [-0.05, 0) is 42.3 Å². The van der Waals surface area contributed by atoms with Crippen molar-refractivity contribution in [3.63, 3.8) is 0 Å². The van der Waals surface area contributed by atoms with Crippen LogP contribution in [-0.2, 0) is 11.3 Å². The zero-order chi connectivity index (χ0) is 22.0. The third-order valence-electron chi connectivity index (χ3n) is 4.72. The fourth-order valence-electron chi connectivity index (χ4n) is 3.06. The lowest BCUT2D eigenvalue weighted by Gasteiger charge is -2.29. The lowest BCUT2D eigenvalue weighted by atomic mass is 10.1. The molecule has 2 heterocycles. The number of aliphatic imine (C=N–C) groups is 1. The van der Waals surface area contributed by atoms with Crippen molar-refractivity contribution in [2.24, 2.45) is 4.99 Å². The number of hydrogen-bond acceptors (Lipinski definition) is 8. The number of ether oxygens (including phenoxy) is 1. The molecule has 10 heteroatoms. The third-order valence-corrected chi connectivity index (χ3v) is 4.72. The summed E-state index contributed by atoms with van der Waals surface area (Å²) in [5, 5.41) is 21.0. The smallest absolute Gasteiger partial charge is 0.247 e. The van der Waals surface area contributed by atoms with Crippen molar-refractivity contribution in [3.8, 4) is 11.5 Å². The van der Waals surface area contributed by atoms with E-state index >= 15 is 0 Å². The van der Waals surface area contributed by atoms with Gasteiger partial charge in [-0.15, -0.1) is 10.2 Å². The number of aliphatic hydroxyl groups excluding tert-OH is 1. The highest BCUT2D eigenvalue weighted by Gasteiger charge is 2.24. The SMILES string of the molecule is COC1=CN(Cc2ccc(F)c(F)c2)C(Nc2cc(-c3nnco3)ccc2C)=NC1O. The topological polar surface area (TPSA) is 96.0 Å². The molecule has 0 saturated carbocycles. The van der Waals surface area contributed by atoms with E-state index < -0.39 is 17.9 Å². The monoisotopic (exact) mass is 427 g/mol. The van der Waals surface area contributed by atoms with Crippen LogP contribution in [0.15, 0.2) is 64.2 Å². The van der Waals surface area contributed by atoms with Gasteiger partial charge in [-0.2, -0.15) is 0 Å². The van der Waals surface area contributed by atoms with Crippen LogP contribution in [0.1, 0.15) is 11.1 Å². The van der Waals surface area contributed by atoms with E-state index in [4.69, 9.17) is 9.15 Å². The summed E-state index contributed by atoms with van der Waals surface area (Å²) in [7, 11) is 1.41. The maximum atomic E-state index is 13.7. The number of benzene rings is 2. The Morgan fingerprint density at radius 2 is 2.03 bits per heavy atom. The van der Waals surface area contributed by atoms with Crippen molar-refractivity contribution in [2.45, 2.75) is 19.7 Å². The second kappa shape index (κ2) is 8.52. The second-order valence-electron chi connectivity index (χ2n) is 6.84.